The summed E-state index contributed by atoms with van der Waals surface area (Å²) in [6.45, 7) is 7.91. The van der Waals surface area contributed by atoms with Crippen LogP contribution < -0.4 is 10.2 Å². The first kappa shape index (κ1) is 16.8. The molecule has 2 rings (SSSR count). The van der Waals surface area contributed by atoms with Gasteiger partial charge in [-0.05, 0) is 52.4 Å². The van der Waals surface area contributed by atoms with Gasteiger partial charge in [0.25, 0.3) is 0 Å². The summed E-state index contributed by atoms with van der Waals surface area (Å²) < 4.78 is 6.86. The van der Waals surface area contributed by atoms with Crippen molar-refractivity contribution in [3.05, 3.63) is 28.2 Å². The molecular weight excluding hydrogens is 328 g/mol. The van der Waals surface area contributed by atoms with Gasteiger partial charge in [0.05, 0.1) is 12.3 Å². The number of nitrogens with one attached hydrogen (secondary N) is 1. The van der Waals surface area contributed by atoms with Crippen LogP contribution in [0.4, 0.5) is 5.69 Å². The van der Waals surface area contributed by atoms with E-state index in [0.29, 0.717) is 6.04 Å². The minimum atomic E-state index is 0.509. The zero-order valence-corrected chi connectivity index (χ0v) is 14.9. The fourth-order valence-electron chi connectivity index (χ4n) is 2.15. The summed E-state index contributed by atoms with van der Waals surface area (Å²) in [6.07, 6.45) is 2.71. The zero-order valence-electron chi connectivity index (χ0n) is 13.4. The smallest absolute Gasteiger partial charge is 0.0641 e. The maximum atomic E-state index is 5.71. The number of ether oxygens (including phenoxy) is 1. The van der Waals surface area contributed by atoms with Crippen LogP contribution in [0.2, 0.25) is 0 Å². The lowest BCUT2D eigenvalue weighted by atomic mass is 10.2. The highest BCUT2D eigenvalue weighted by molar-refractivity contribution is 9.10. The predicted molar refractivity (Wildman–Crippen MR) is 92.9 cm³/mol. The van der Waals surface area contributed by atoms with E-state index in [1.807, 2.05) is 0 Å². The molecule has 0 aromatic heterocycles. The van der Waals surface area contributed by atoms with Crippen molar-refractivity contribution in [2.45, 2.75) is 39.3 Å². The second kappa shape index (κ2) is 8.16. The lowest BCUT2D eigenvalue weighted by molar-refractivity contribution is 0.131. The monoisotopic (exact) mass is 354 g/mol. The average Bonchev–Trinajstić information content (AvgIpc) is 3.25. The molecular formula is C17H27BrN2O. The highest BCUT2D eigenvalue weighted by atomic mass is 79.9. The Labute approximate surface area is 137 Å². The number of nitrogens with zero attached hydrogens (tertiary/aromatic N) is 1. The maximum Gasteiger partial charge on any atom is 0.0641 e. The van der Waals surface area contributed by atoms with Crippen LogP contribution in [0.15, 0.2) is 22.7 Å². The summed E-state index contributed by atoms with van der Waals surface area (Å²) in [6, 6.07) is 7.08. The van der Waals surface area contributed by atoms with Crippen LogP contribution in [0.1, 0.15) is 32.3 Å². The van der Waals surface area contributed by atoms with E-state index in [1.165, 1.54) is 24.1 Å². The molecule has 3 nitrogen and oxygen atoms in total. The average molecular weight is 355 g/mol. The van der Waals surface area contributed by atoms with Crippen LogP contribution in [0, 0.1) is 5.92 Å². The molecule has 0 spiro atoms. The fourth-order valence-corrected chi connectivity index (χ4v) is 2.88. The molecule has 0 heterocycles. The zero-order chi connectivity index (χ0) is 15.2. The third kappa shape index (κ3) is 5.97. The van der Waals surface area contributed by atoms with E-state index >= 15 is 0 Å². The number of benzene rings is 1. The Bertz CT molecular complexity index is 446. The van der Waals surface area contributed by atoms with Crippen LogP contribution in [-0.4, -0.2) is 32.8 Å². The van der Waals surface area contributed by atoms with Gasteiger partial charge in [-0.2, -0.15) is 0 Å². The van der Waals surface area contributed by atoms with Crippen molar-refractivity contribution in [3.8, 4) is 0 Å². The van der Waals surface area contributed by atoms with E-state index in [0.717, 1.165) is 36.7 Å². The molecule has 118 valence electrons. The van der Waals surface area contributed by atoms with Crippen molar-refractivity contribution in [1.29, 1.82) is 0 Å². The van der Waals surface area contributed by atoms with E-state index < -0.39 is 0 Å². The normalized spacial score (nSPS) is 14.7. The van der Waals surface area contributed by atoms with Crippen molar-refractivity contribution >= 4 is 21.6 Å². The largest absolute Gasteiger partial charge is 0.379 e. The summed E-state index contributed by atoms with van der Waals surface area (Å²) in [5.74, 6) is 0.842. The Morgan fingerprint density at radius 3 is 2.76 bits per heavy atom. The van der Waals surface area contributed by atoms with Crippen LogP contribution in [-0.2, 0) is 11.3 Å². The van der Waals surface area contributed by atoms with Gasteiger partial charge in [0.15, 0.2) is 0 Å². The highest BCUT2D eigenvalue weighted by Gasteiger charge is 2.21. The third-order valence-corrected chi connectivity index (χ3v) is 4.39. The number of hydrogen-bond acceptors (Lipinski definition) is 3. The molecule has 1 aliphatic carbocycles. The van der Waals surface area contributed by atoms with Crippen LogP contribution in [0.3, 0.4) is 0 Å². The van der Waals surface area contributed by atoms with Gasteiger partial charge in [0.1, 0.15) is 0 Å². The quantitative estimate of drug-likeness (QED) is 0.682. The topological polar surface area (TPSA) is 24.5 Å². The Morgan fingerprint density at radius 2 is 2.14 bits per heavy atom. The molecule has 21 heavy (non-hydrogen) atoms. The van der Waals surface area contributed by atoms with Crippen molar-refractivity contribution in [2.24, 2.45) is 5.92 Å². The van der Waals surface area contributed by atoms with Gasteiger partial charge in [-0.3, -0.25) is 0 Å². The van der Waals surface area contributed by atoms with E-state index in [9.17, 15) is 0 Å². The molecule has 1 aromatic carbocycles. The van der Waals surface area contributed by atoms with Gasteiger partial charge >= 0.3 is 0 Å². The summed E-state index contributed by atoms with van der Waals surface area (Å²) in [4.78, 5) is 2.25. The Kier molecular flexibility index (Phi) is 6.52. The van der Waals surface area contributed by atoms with Gasteiger partial charge in [0, 0.05) is 37.3 Å². The number of rotatable bonds is 9. The first-order valence-corrected chi connectivity index (χ1v) is 8.66. The molecule has 1 saturated carbocycles. The van der Waals surface area contributed by atoms with Crippen LogP contribution in [0.5, 0.6) is 0 Å². The van der Waals surface area contributed by atoms with Crippen LogP contribution >= 0.6 is 15.9 Å². The standard InChI is InChI=1S/C17H27BrN2O/c1-13(2)19-11-15-6-7-17(16(18)10-15)20(3)8-9-21-12-14-4-5-14/h6-7,10,13-14,19H,4-5,8-9,11-12H2,1-3H3. The SMILES string of the molecule is CC(C)NCc1ccc(N(C)CCOCC2CC2)c(Br)c1. The van der Waals surface area contributed by atoms with Gasteiger partial charge in [-0.1, -0.05) is 19.9 Å². The molecule has 0 atom stereocenters. The van der Waals surface area contributed by atoms with E-state index in [4.69, 9.17) is 4.74 Å². The van der Waals surface area contributed by atoms with Gasteiger partial charge in [-0.15, -0.1) is 0 Å². The molecule has 1 aliphatic rings. The highest BCUT2D eigenvalue weighted by Crippen LogP contribution is 2.29. The number of likely N-dealkylation sites (N-methyl/N-ethyl adjacent to an activating group) is 1. The predicted octanol–water partition coefficient (Wildman–Crippen LogP) is 3.81. The van der Waals surface area contributed by atoms with Crippen molar-refractivity contribution in [1.82, 2.24) is 5.32 Å². The fraction of sp³-hybridized carbons (Fsp3) is 0.647. The lowest BCUT2D eigenvalue weighted by Crippen LogP contribution is -2.24. The summed E-state index contributed by atoms with van der Waals surface area (Å²) >= 11 is 3.69. The molecule has 1 N–H and O–H groups in total. The summed E-state index contributed by atoms with van der Waals surface area (Å²) in [5.41, 5.74) is 2.52. The minimum Gasteiger partial charge on any atom is -0.379 e. The van der Waals surface area contributed by atoms with E-state index in [1.54, 1.807) is 0 Å². The Balaban J connectivity index is 1.80. The van der Waals surface area contributed by atoms with Crippen molar-refractivity contribution < 1.29 is 4.74 Å². The summed E-state index contributed by atoms with van der Waals surface area (Å²) in [7, 11) is 2.12. The van der Waals surface area contributed by atoms with Gasteiger partial charge < -0.3 is 15.0 Å². The molecule has 0 saturated heterocycles. The first-order valence-electron chi connectivity index (χ1n) is 7.87. The summed E-state index contributed by atoms with van der Waals surface area (Å²) in [5, 5.41) is 3.44. The molecule has 1 fully saturated rings. The van der Waals surface area contributed by atoms with E-state index in [2.05, 4.69) is 65.2 Å². The molecule has 0 radical (unpaired) electrons. The second-order valence-electron chi connectivity index (χ2n) is 6.26. The molecule has 0 amide bonds. The third-order valence-electron chi connectivity index (χ3n) is 3.76. The van der Waals surface area contributed by atoms with Crippen LogP contribution in [0.25, 0.3) is 0 Å². The maximum absolute atomic E-state index is 5.71. The molecule has 0 bridgehead atoms. The Morgan fingerprint density at radius 1 is 1.38 bits per heavy atom. The molecule has 1 aromatic rings. The van der Waals surface area contributed by atoms with Crippen molar-refractivity contribution in [2.75, 3.05) is 31.7 Å². The second-order valence-corrected chi connectivity index (χ2v) is 7.12. The minimum absolute atomic E-state index is 0.509. The molecule has 0 aliphatic heterocycles. The molecule has 4 heteroatoms. The van der Waals surface area contributed by atoms with Gasteiger partial charge in [-0.25, -0.2) is 0 Å². The number of halogens is 1. The number of anilines is 1. The first-order chi connectivity index (χ1) is 10.1. The van der Waals surface area contributed by atoms with Crippen molar-refractivity contribution in [3.63, 3.8) is 0 Å². The Hall–Kier alpha value is -0.580. The lowest BCUT2D eigenvalue weighted by Gasteiger charge is -2.21. The molecule has 0 unspecified atom stereocenters. The van der Waals surface area contributed by atoms with Gasteiger partial charge in [0.2, 0.25) is 0 Å². The van der Waals surface area contributed by atoms with E-state index in [-0.39, 0.29) is 0 Å². The number of hydrogen-bond donors (Lipinski definition) is 1.